The van der Waals surface area contributed by atoms with Crippen molar-refractivity contribution in [3.05, 3.63) is 94.9 Å². The molecule has 33 heavy (non-hydrogen) atoms. The Balaban J connectivity index is 1.40. The lowest BCUT2D eigenvalue weighted by Crippen LogP contribution is -2.25. The first-order valence-electron chi connectivity index (χ1n) is 11.1. The molecule has 1 aliphatic rings. The Hall–Kier alpha value is -3.80. The van der Waals surface area contributed by atoms with Gasteiger partial charge in [0, 0.05) is 36.0 Å². The summed E-state index contributed by atoms with van der Waals surface area (Å²) < 4.78 is 24.8. The summed E-state index contributed by atoms with van der Waals surface area (Å²) in [6.07, 6.45) is 3.06. The normalized spacial score (nSPS) is 13.3. The lowest BCUT2D eigenvalue weighted by Gasteiger charge is -2.18. The fourth-order valence-corrected chi connectivity index (χ4v) is 4.46. The van der Waals surface area contributed by atoms with Gasteiger partial charge in [-0.15, -0.1) is 0 Å². The number of hydrogen-bond acceptors (Lipinski definition) is 3. The summed E-state index contributed by atoms with van der Waals surface area (Å²) in [6, 6.07) is 18.3. The lowest BCUT2D eigenvalue weighted by molar-refractivity contribution is -0.121. The molecule has 4 aromatic rings. The number of H-pyrrole nitrogens is 1. The zero-order chi connectivity index (χ0) is 22.8. The number of amides is 1. The van der Waals surface area contributed by atoms with Crippen LogP contribution in [0.15, 0.2) is 66.9 Å². The molecule has 0 saturated carbocycles. The molecule has 0 aliphatic carbocycles. The molecule has 2 N–H and O–H groups in total. The summed E-state index contributed by atoms with van der Waals surface area (Å²) in [5, 5.41) is 4.06. The van der Waals surface area contributed by atoms with Gasteiger partial charge in [-0.05, 0) is 52.9 Å². The van der Waals surface area contributed by atoms with E-state index in [1.54, 1.807) is 6.07 Å². The zero-order valence-corrected chi connectivity index (χ0v) is 18.4. The molecule has 0 bridgehead atoms. The molecule has 168 valence electrons. The van der Waals surface area contributed by atoms with Crippen LogP contribution in [-0.2, 0) is 17.8 Å². The van der Waals surface area contributed by atoms with Crippen molar-refractivity contribution in [3.8, 4) is 11.5 Å². The van der Waals surface area contributed by atoms with E-state index in [2.05, 4.69) is 29.4 Å². The molecule has 3 aromatic carbocycles. The molecular formula is C27H25FN2O3. The van der Waals surface area contributed by atoms with Gasteiger partial charge in [0.1, 0.15) is 5.82 Å². The first-order valence-corrected chi connectivity index (χ1v) is 11.1. The number of halogens is 1. The Bertz CT molecular complexity index is 1310. The van der Waals surface area contributed by atoms with Gasteiger partial charge in [0.2, 0.25) is 12.7 Å². The number of nitrogens with one attached hydrogen (secondary N) is 2. The first-order chi connectivity index (χ1) is 16.1. The van der Waals surface area contributed by atoms with E-state index in [1.807, 2.05) is 36.5 Å². The molecule has 0 saturated heterocycles. The maximum absolute atomic E-state index is 14.1. The second kappa shape index (κ2) is 8.98. The lowest BCUT2D eigenvalue weighted by atomic mass is 9.87. The van der Waals surface area contributed by atoms with E-state index in [4.69, 9.17) is 9.47 Å². The SMILES string of the molecule is CCc1cccc2c([C@@H](CC(=O)NCc3ccc4c(c3)OCO4)c3cccc(F)c3)c[nH]c12. The van der Waals surface area contributed by atoms with Crippen LogP contribution >= 0.6 is 0 Å². The number of aryl methyl sites for hydroxylation is 1. The molecule has 0 radical (unpaired) electrons. The molecule has 5 nitrogen and oxygen atoms in total. The van der Waals surface area contributed by atoms with Crippen molar-refractivity contribution in [1.29, 1.82) is 0 Å². The third-order valence-electron chi connectivity index (χ3n) is 6.16. The van der Waals surface area contributed by atoms with E-state index in [0.29, 0.717) is 18.0 Å². The number of carbonyl (C=O) groups excluding carboxylic acids is 1. The Kier molecular flexibility index (Phi) is 5.73. The average molecular weight is 445 g/mol. The predicted octanol–water partition coefficient (Wildman–Crippen LogP) is 5.44. The van der Waals surface area contributed by atoms with Crippen molar-refractivity contribution in [2.24, 2.45) is 0 Å². The minimum Gasteiger partial charge on any atom is -0.454 e. The summed E-state index contributed by atoms with van der Waals surface area (Å²) in [5.41, 5.74) is 4.97. The molecule has 1 amide bonds. The highest BCUT2D eigenvalue weighted by Crippen LogP contribution is 2.35. The average Bonchev–Trinajstić information content (AvgIpc) is 3.47. The van der Waals surface area contributed by atoms with Crippen molar-refractivity contribution in [2.75, 3.05) is 6.79 Å². The molecular weight excluding hydrogens is 419 g/mol. The van der Waals surface area contributed by atoms with E-state index >= 15 is 0 Å². The largest absolute Gasteiger partial charge is 0.454 e. The molecule has 0 spiro atoms. The Morgan fingerprint density at radius 2 is 1.94 bits per heavy atom. The third kappa shape index (κ3) is 4.29. The highest BCUT2D eigenvalue weighted by atomic mass is 19.1. The maximum Gasteiger partial charge on any atom is 0.231 e. The van der Waals surface area contributed by atoms with Gasteiger partial charge in [-0.2, -0.15) is 0 Å². The van der Waals surface area contributed by atoms with Crippen molar-refractivity contribution < 1.29 is 18.7 Å². The van der Waals surface area contributed by atoms with Gasteiger partial charge in [0.25, 0.3) is 0 Å². The van der Waals surface area contributed by atoms with E-state index in [0.717, 1.165) is 34.0 Å². The van der Waals surface area contributed by atoms with E-state index in [9.17, 15) is 9.18 Å². The number of carbonyl (C=O) groups is 1. The summed E-state index contributed by atoms with van der Waals surface area (Å²) >= 11 is 0. The predicted molar refractivity (Wildman–Crippen MR) is 125 cm³/mol. The van der Waals surface area contributed by atoms with Gasteiger partial charge in [-0.1, -0.05) is 43.3 Å². The van der Waals surface area contributed by atoms with Crippen LogP contribution in [0.2, 0.25) is 0 Å². The summed E-state index contributed by atoms with van der Waals surface area (Å²) in [7, 11) is 0. The molecule has 2 heterocycles. The van der Waals surface area contributed by atoms with Gasteiger partial charge in [0.15, 0.2) is 11.5 Å². The van der Waals surface area contributed by atoms with Gasteiger partial charge < -0.3 is 19.8 Å². The van der Waals surface area contributed by atoms with Crippen molar-refractivity contribution in [1.82, 2.24) is 10.3 Å². The van der Waals surface area contributed by atoms with E-state index < -0.39 is 0 Å². The van der Waals surface area contributed by atoms with Crippen LogP contribution in [-0.4, -0.2) is 17.7 Å². The standard InChI is InChI=1S/C27H25FN2O3/c1-2-18-5-4-8-21-23(15-30-27(18)21)22(19-6-3-7-20(28)12-19)13-26(31)29-14-17-9-10-24-25(11-17)33-16-32-24/h3-12,15,22,30H,2,13-14,16H2,1H3,(H,29,31)/t22-/m0/s1. The van der Waals surface area contributed by atoms with Crippen molar-refractivity contribution in [2.45, 2.75) is 32.2 Å². The van der Waals surface area contributed by atoms with Crippen LogP contribution in [0.3, 0.4) is 0 Å². The van der Waals surface area contributed by atoms with Gasteiger partial charge in [0.05, 0.1) is 0 Å². The van der Waals surface area contributed by atoms with Gasteiger partial charge >= 0.3 is 0 Å². The van der Waals surface area contributed by atoms with Crippen LogP contribution in [0.1, 0.15) is 41.5 Å². The molecule has 0 unspecified atom stereocenters. The second-order valence-electron chi connectivity index (χ2n) is 8.21. The number of rotatable bonds is 7. The molecule has 1 aromatic heterocycles. The molecule has 6 heteroatoms. The quantitative estimate of drug-likeness (QED) is 0.399. The molecule has 5 rings (SSSR count). The number of benzene rings is 3. The highest BCUT2D eigenvalue weighted by molar-refractivity contribution is 5.88. The number of aromatic nitrogens is 1. The van der Waals surface area contributed by atoms with E-state index in [1.165, 1.54) is 17.7 Å². The van der Waals surface area contributed by atoms with Crippen molar-refractivity contribution >= 4 is 16.8 Å². The van der Waals surface area contributed by atoms with E-state index in [-0.39, 0.29) is 30.9 Å². The molecule has 1 atom stereocenters. The number of para-hydroxylation sites is 1. The van der Waals surface area contributed by atoms with Crippen LogP contribution in [0.25, 0.3) is 10.9 Å². The van der Waals surface area contributed by atoms with Gasteiger partial charge in [-0.25, -0.2) is 4.39 Å². The summed E-state index contributed by atoms with van der Waals surface area (Å²) in [6.45, 7) is 2.70. The fraction of sp³-hybridized carbons (Fsp3) is 0.222. The van der Waals surface area contributed by atoms with Gasteiger partial charge in [-0.3, -0.25) is 4.79 Å². The topological polar surface area (TPSA) is 63.4 Å². The Labute approximate surface area is 191 Å². The monoisotopic (exact) mass is 444 g/mol. The second-order valence-corrected chi connectivity index (χ2v) is 8.21. The number of ether oxygens (including phenoxy) is 2. The molecule has 1 aliphatic heterocycles. The number of aromatic amines is 1. The van der Waals surface area contributed by atoms with Crippen molar-refractivity contribution in [3.63, 3.8) is 0 Å². The highest BCUT2D eigenvalue weighted by Gasteiger charge is 2.23. The van der Waals surface area contributed by atoms with Crippen LogP contribution in [0.4, 0.5) is 4.39 Å². The first kappa shape index (κ1) is 21.1. The fourth-order valence-electron chi connectivity index (χ4n) is 4.46. The molecule has 0 fully saturated rings. The number of hydrogen-bond donors (Lipinski definition) is 2. The smallest absolute Gasteiger partial charge is 0.231 e. The summed E-state index contributed by atoms with van der Waals surface area (Å²) in [5.74, 6) is 0.695. The minimum atomic E-state index is -0.313. The third-order valence-corrected chi connectivity index (χ3v) is 6.16. The number of fused-ring (bicyclic) bond motifs is 2. The Morgan fingerprint density at radius 1 is 1.09 bits per heavy atom. The van der Waals surface area contributed by atoms with Crippen LogP contribution in [0.5, 0.6) is 11.5 Å². The van der Waals surface area contributed by atoms with Crippen LogP contribution < -0.4 is 14.8 Å². The van der Waals surface area contributed by atoms with Crippen LogP contribution in [0, 0.1) is 5.82 Å². The Morgan fingerprint density at radius 3 is 2.79 bits per heavy atom. The minimum absolute atomic E-state index is 0.108. The maximum atomic E-state index is 14.1. The zero-order valence-electron chi connectivity index (χ0n) is 18.4. The summed E-state index contributed by atoms with van der Waals surface area (Å²) in [4.78, 5) is 16.4.